The first-order chi connectivity index (χ1) is 8.20. The Morgan fingerprint density at radius 3 is 2.71 bits per heavy atom. The van der Waals surface area contributed by atoms with Crippen LogP contribution in [-0.2, 0) is 0 Å². The Morgan fingerprint density at radius 1 is 1.35 bits per heavy atom. The van der Waals surface area contributed by atoms with E-state index in [4.69, 9.17) is 0 Å². The summed E-state index contributed by atoms with van der Waals surface area (Å²) in [6, 6.07) is 7.01. The zero-order chi connectivity index (χ0) is 12.3. The summed E-state index contributed by atoms with van der Waals surface area (Å²) < 4.78 is 1.82. The van der Waals surface area contributed by atoms with E-state index in [1.807, 2.05) is 36.3 Å². The van der Waals surface area contributed by atoms with Crippen LogP contribution >= 0.6 is 0 Å². The van der Waals surface area contributed by atoms with Crippen LogP contribution in [-0.4, -0.2) is 28.5 Å². The lowest BCUT2D eigenvalue weighted by Gasteiger charge is -2.07. The fourth-order valence-electron chi connectivity index (χ4n) is 1.76. The van der Waals surface area contributed by atoms with Crippen molar-refractivity contribution in [3.63, 3.8) is 0 Å². The van der Waals surface area contributed by atoms with E-state index < -0.39 is 0 Å². The molecule has 1 aromatic carbocycles. The molecule has 0 aliphatic rings. The zero-order valence-electron chi connectivity index (χ0n) is 10.1. The normalized spacial score (nSPS) is 12.6. The third-order valence-corrected chi connectivity index (χ3v) is 2.80. The summed E-state index contributed by atoms with van der Waals surface area (Å²) in [4.78, 5) is 0. The maximum atomic E-state index is 9.23. The number of phenolic OH excluding ortho intramolecular Hbond substituents is 1. The Balaban J connectivity index is 2.20. The number of nitrogens with zero attached hydrogens (tertiary/aromatic N) is 2. The number of aromatic nitrogens is 2. The van der Waals surface area contributed by atoms with E-state index in [1.165, 1.54) is 5.56 Å². The van der Waals surface area contributed by atoms with Crippen molar-refractivity contribution in [3.8, 4) is 11.4 Å². The number of hydrogen-bond donors (Lipinski definition) is 2. The highest BCUT2D eigenvalue weighted by Crippen LogP contribution is 2.17. The van der Waals surface area contributed by atoms with E-state index in [-0.39, 0.29) is 5.75 Å². The topological polar surface area (TPSA) is 50.1 Å². The van der Waals surface area contributed by atoms with Crippen LogP contribution < -0.4 is 5.32 Å². The zero-order valence-corrected chi connectivity index (χ0v) is 10.1. The number of phenols is 1. The Labute approximate surface area is 101 Å². The highest BCUT2D eigenvalue weighted by molar-refractivity contribution is 5.36. The fraction of sp³-hybridized carbons (Fsp3) is 0.308. The number of rotatable bonds is 4. The van der Waals surface area contributed by atoms with E-state index >= 15 is 0 Å². The molecule has 1 unspecified atom stereocenters. The van der Waals surface area contributed by atoms with E-state index in [0.717, 1.165) is 12.2 Å². The van der Waals surface area contributed by atoms with Crippen molar-refractivity contribution in [1.29, 1.82) is 0 Å². The lowest BCUT2D eigenvalue weighted by molar-refractivity contribution is 0.475. The molecule has 2 N–H and O–H groups in total. The number of hydrogen-bond acceptors (Lipinski definition) is 3. The SMILES string of the molecule is CNCC(C)c1cnn(-c2ccc(O)cc2)c1. The smallest absolute Gasteiger partial charge is 0.115 e. The molecular weight excluding hydrogens is 214 g/mol. The molecule has 4 heteroatoms. The van der Waals surface area contributed by atoms with Crippen LogP contribution in [0.2, 0.25) is 0 Å². The van der Waals surface area contributed by atoms with Crippen molar-refractivity contribution in [1.82, 2.24) is 15.1 Å². The molecule has 0 bridgehead atoms. The van der Waals surface area contributed by atoms with Gasteiger partial charge in [-0.2, -0.15) is 5.10 Å². The number of benzene rings is 1. The monoisotopic (exact) mass is 231 g/mol. The average Bonchev–Trinajstić information content (AvgIpc) is 2.80. The Morgan fingerprint density at radius 2 is 2.06 bits per heavy atom. The van der Waals surface area contributed by atoms with Crippen LogP contribution in [0.5, 0.6) is 5.75 Å². The second-order valence-corrected chi connectivity index (χ2v) is 4.19. The quantitative estimate of drug-likeness (QED) is 0.845. The first kappa shape index (κ1) is 11.7. The van der Waals surface area contributed by atoms with E-state index in [9.17, 15) is 5.11 Å². The number of likely N-dealkylation sites (N-methyl/N-ethyl adjacent to an activating group) is 1. The van der Waals surface area contributed by atoms with Gasteiger partial charge in [0.2, 0.25) is 0 Å². The van der Waals surface area contributed by atoms with Crippen molar-refractivity contribution in [3.05, 3.63) is 42.2 Å². The third-order valence-electron chi connectivity index (χ3n) is 2.80. The lowest BCUT2D eigenvalue weighted by Crippen LogP contribution is -2.14. The van der Waals surface area contributed by atoms with Crippen molar-refractivity contribution < 1.29 is 5.11 Å². The Kier molecular flexibility index (Phi) is 3.44. The minimum Gasteiger partial charge on any atom is -0.508 e. The van der Waals surface area contributed by atoms with Gasteiger partial charge in [-0.3, -0.25) is 0 Å². The third kappa shape index (κ3) is 2.65. The van der Waals surface area contributed by atoms with Gasteiger partial charge in [-0.1, -0.05) is 6.92 Å². The summed E-state index contributed by atoms with van der Waals surface area (Å²) in [6.07, 6.45) is 3.91. The van der Waals surface area contributed by atoms with E-state index in [1.54, 1.807) is 12.1 Å². The second kappa shape index (κ2) is 5.01. The molecule has 0 saturated carbocycles. The number of aromatic hydroxyl groups is 1. The predicted octanol–water partition coefficient (Wildman–Crippen LogP) is 1.90. The molecule has 4 nitrogen and oxygen atoms in total. The average molecular weight is 231 g/mol. The van der Waals surface area contributed by atoms with Gasteiger partial charge in [0.25, 0.3) is 0 Å². The highest BCUT2D eigenvalue weighted by atomic mass is 16.3. The lowest BCUT2D eigenvalue weighted by atomic mass is 10.1. The van der Waals surface area contributed by atoms with Gasteiger partial charge in [-0.25, -0.2) is 4.68 Å². The summed E-state index contributed by atoms with van der Waals surface area (Å²) in [5.74, 6) is 0.704. The van der Waals surface area contributed by atoms with Crippen molar-refractivity contribution >= 4 is 0 Å². The van der Waals surface area contributed by atoms with Crippen molar-refractivity contribution in [2.75, 3.05) is 13.6 Å². The van der Waals surface area contributed by atoms with Gasteiger partial charge in [0.05, 0.1) is 11.9 Å². The summed E-state index contributed by atoms with van der Waals surface area (Å²) in [5.41, 5.74) is 2.15. The fourth-order valence-corrected chi connectivity index (χ4v) is 1.76. The summed E-state index contributed by atoms with van der Waals surface area (Å²) in [5, 5.41) is 16.7. The molecule has 90 valence electrons. The molecule has 1 aromatic heterocycles. The Bertz CT molecular complexity index is 476. The predicted molar refractivity (Wildman–Crippen MR) is 67.6 cm³/mol. The van der Waals surface area contributed by atoms with Crippen LogP contribution in [0.25, 0.3) is 5.69 Å². The highest BCUT2D eigenvalue weighted by Gasteiger charge is 2.07. The standard InChI is InChI=1S/C13H17N3O/c1-10(7-14-2)11-8-15-16(9-11)12-3-5-13(17)6-4-12/h3-6,8-10,14,17H,7H2,1-2H3. The first-order valence-electron chi connectivity index (χ1n) is 5.69. The van der Waals surface area contributed by atoms with Gasteiger partial charge in [-0.05, 0) is 42.8 Å². The van der Waals surface area contributed by atoms with Crippen LogP contribution in [0.3, 0.4) is 0 Å². The van der Waals surface area contributed by atoms with E-state index in [2.05, 4.69) is 17.3 Å². The second-order valence-electron chi connectivity index (χ2n) is 4.19. The molecular formula is C13H17N3O. The van der Waals surface area contributed by atoms with Crippen LogP contribution in [0, 0.1) is 0 Å². The molecule has 0 aliphatic heterocycles. The molecule has 1 atom stereocenters. The number of nitrogens with one attached hydrogen (secondary N) is 1. The minimum atomic E-state index is 0.268. The van der Waals surface area contributed by atoms with Gasteiger partial charge < -0.3 is 10.4 Å². The molecule has 0 radical (unpaired) electrons. The molecule has 0 aliphatic carbocycles. The van der Waals surface area contributed by atoms with Gasteiger partial charge in [-0.15, -0.1) is 0 Å². The molecule has 17 heavy (non-hydrogen) atoms. The van der Waals surface area contributed by atoms with Crippen LogP contribution in [0.4, 0.5) is 0 Å². The van der Waals surface area contributed by atoms with Gasteiger partial charge in [0.15, 0.2) is 0 Å². The van der Waals surface area contributed by atoms with Crippen molar-refractivity contribution in [2.24, 2.45) is 0 Å². The van der Waals surface area contributed by atoms with Crippen LogP contribution in [0.1, 0.15) is 18.4 Å². The molecule has 2 rings (SSSR count). The first-order valence-corrected chi connectivity index (χ1v) is 5.69. The van der Waals surface area contributed by atoms with Crippen LogP contribution in [0.15, 0.2) is 36.7 Å². The van der Waals surface area contributed by atoms with E-state index in [0.29, 0.717) is 5.92 Å². The molecule has 1 heterocycles. The van der Waals surface area contributed by atoms with Gasteiger partial charge in [0.1, 0.15) is 5.75 Å². The molecule has 2 aromatic rings. The molecule has 0 fully saturated rings. The molecule has 0 spiro atoms. The minimum absolute atomic E-state index is 0.268. The summed E-state index contributed by atoms with van der Waals surface area (Å²) in [7, 11) is 1.95. The maximum Gasteiger partial charge on any atom is 0.115 e. The summed E-state index contributed by atoms with van der Waals surface area (Å²) in [6.45, 7) is 3.09. The van der Waals surface area contributed by atoms with Gasteiger partial charge >= 0.3 is 0 Å². The Hall–Kier alpha value is -1.81. The molecule has 0 amide bonds. The largest absolute Gasteiger partial charge is 0.508 e. The summed E-state index contributed by atoms with van der Waals surface area (Å²) >= 11 is 0. The van der Waals surface area contributed by atoms with Crippen molar-refractivity contribution in [2.45, 2.75) is 12.8 Å². The maximum absolute atomic E-state index is 9.23. The molecule has 0 saturated heterocycles. The van der Waals surface area contributed by atoms with Gasteiger partial charge in [0, 0.05) is 12.7 Å².